The minimum absolute atomic E-state index is 0.0185. The van der Waals surface area contributed by atoms with Crippen molar-refractivity contribution in [1.29, 1.82) is 0 Å². The summed E-state index contributed by atoms with van der Waals surface area (Å²) in [7, 11) is 0. The van der Waals surface area contributed by atoms with Crippen molar-refractivity contribution in [2.24, 2.45) is 0 Å². The normalized spacial score (nSPS) is 17.4. The van der Waals surface area contributed by atoms with Gasteiger partial charge in [-0.1, -0.05) is 11.6 Å². The van der Waals surface area contributed by atoms with E-state index in [0.29, 0.717) is 36.8 Å². The minimum Gasteiger partial charge on any atom is -0.479 e. The first-order valence-electron chi connectivity index (χ1n) is 11.4. The molecule has 1 fully saturated rings. The first kappa shape index (κ1) is 22.2. The first-order valence-corrected chi connectivity index (χ1v) is 12.6. The molecule has 178 valence electrons. The van der Waals surface area contributed by atoms with Crippen LogP contribution in [0.3, 0.4) is 0 Å². The zero-order valence-electron chi connectivity index (χ0n) is 18.7. The SMILES string of the molecule is O=C(C1Cc2cc(Cl)cc(-c3ccnc4cc(Cn5cnccc5=O)sc34)c2O1)N1CCNCC1. The van der Waals surface area contributed by atoms with Crippen molar-refractivity contribution >= 4 is 39.1 Å². The quantitative estimate of drug-likeness (QED) is 0.457. The molecule has 0 bridgehead atoms. The summed E-state index contributed by atoms with van der Waals surface area (Å²) in [6, 6.07) is 9.16. The van der Waals surface area contributed by atoms with Crippen molar-refractivity contribution in [2.75, 3.05) is 26.2 Å². The first-order chi connectivity index (χ1) is 17.1. The average molecular weight is 508 g/mol. The second kappa shape index (κ2) is 9.07. The third-order valence-corrected chi connectivity index (χ3v) is 7.73. The van der Waals surface area contributed by atoms with Crippen molar-refractivity contribution in [1.82, 2.24) is 24.8 Å². The fourth-order valence-electron chi connectivity index (χ4n) is 4.69. The Bertz CT molecular complexity index is 1490. The van der Waals surface area contributed by atoms with Gasteiger partial charge in [0.05, 0.1) is 23.1 Å². The number of nitrogens with one attached hydrogen (secondary N) is 1. The molecule has 6 rings (SSSR count). The third kappa shape index (κ3) is 4.20. The summed E-state index contributed by atoms with van der Waals surface area (Å²) in [6.07, 6.45) is 4.74. The monoisotopic (exact) mass is 507 g/mol. The standard InChI is InChI=1S/C25H22ClN5O3S/c26-16-9-15-10-21(25(33)30-7-5-27-6-8-30)34-23(15)19(11-16)18-1-4-29-20-12-17(35-24(18)20)13-31-14-28-3-2-22(31)32/h1-4,9,11-12,14,21,27H,5-8,10,13H2. The summed E-state index contributed by atoms with van der Waals surface area (Å²) in [5, 5.41) is 3.87. The fraction of sp³-hybridized carbons (Fsp3) is 0.280. The minimum atomic E-state index is -0.547. The molecule has 2 aliphatic rings. The van der Waals surface area contributed by atoms with Gasteiger partial charge in [0.1, 0.15) is 5.75 Å². The number of carbonyl (C=O) groups is 1. The molecule has 1 N–H and O–H groups in total. The van der Waals surface area contributed by atoms with Crippen LogP contribution in [0.25, 0.3) is 21.3 Å². The summed E-state index contributed by atoms with van der Waals surface area (Å²) in [5.41, 5.74) is 3.46. The van der Waals surface area contributed by atoms with Crippen LogP contribution in [0.4, 0.5) is 0 Å². The van der Waals surface area contributed by atoms with Gasteiger partial charge in [-0.3, -0.25) is 19.1 Å². The van der Waals surface area contributed by atoms with Crippen LogP contribution in [0.1, 0.15) is 10.4 Å². The molecule has 35 heavy (non-hydrogen) atoms. The van der Waals surface area contributed by atoms with Gasteiger partial charge >= 0.3 is 0 Å². The summed E-state index contributed by atoms with van der Waals surface area (Å²) in [6.45, 7) is 3.38. The number of fused-ring (bicyclic) bond motifs is 2. The molecule has 2 aliphatic heterocycles. The lowest BCUT2D eigenvalue weighted by Crippen LogP contribution is -2.50. The van der Waals surface area contributed by atoms with E-state index in [1.165, 1.54) is 18.6 Å². The number of benzene rings is 1. The van der Waals surface area contributed by atoms with E-state index in [1.807, 2.05) is 29.2 Å². The highest BCUT2D eigenvalue weighted by Gasteiger charge is 2.35. The van der Waals surface area contributed by atoms with E-state index in [0.717, 1.165) is 44.9 Å². The molecule has 10 heteroatoms. The second-order valence-electron chi connectivity index (χ2n) is 8.66. The number of thiophene rings is 1. The molecule has 1 aromatic carbocycles. The van der Waals surface area contributed by atoms with E-state index in [9.17, 15) is 9.59 Å². The Morgan fingerprint density at radius 2 is 2.03 bits per heavy atom. The Hall–Kier alpha value is -3.27. The maximum atomic E-state index is 13.1. The van der Waals surface area contributed by atoms with E-state index < -0.39 is 6.10 Å². The molecular formula is C25H22ClN5O3S. The Balaban J connectivity index is 1.36. The second-order valence-corrected chi connectivity index (χ2v) is 10.2. The van der Waals surface area contributed by atoms with E-state index in [4.69, 9.17) is 16.3 Å². The highest BCUT2D eigenvalue weighted by Crippen LogP contribution is 2.44. The number of rotatable bonds is 4. The van der Waals surface area contributed by atoms with Crippen LogP contribution in [-0.2, 0) is 17.8 Å². The smallest absolute Gasteiger partial charge is 0.264 e. The van der Waals surface area contributed by atoms with Gasteiger partial charge in [0.15, 0.2) is 6.10 Å². The molecule has 0 aliphatic carbocycles. The molecule has 0 radical (unpaired) electrons. The Morgan fingerprint density at radius 1 is 1.17 bits per heavy atom. The van der Waals surface area contributed by atoms with Gasteiger partial charge < -0.3 is 15.0 Å². The molecule has 0 spiro atoms. The lowest BCUT2D eigenvalue weighted by molar-refractivity contribution is -0.138. The number of halogens is 1. The molecule has 1 saturated heterocycles. The highest BCUT2D eigenvalue weighted by molar-refractivity contribution is 7.19. The van der Waals surface area contributed by atoms with Crippen molar-refractivity contribution in [3.05, 3.63) is 74.9 Å². The van der Waals surface area contributed by atoms with Crippen LogP contribution in [0.15, 0.2) is 53.8 Å². The number of pyridine rings is 1. The predicted octanol–water partition coefficient (Wildman–Crippen LogP) is 2.96. The molecular weight excluding hydrogens is 486 g/mol. The Morgan fingerprint density at radius 3 is 2.86 bits per heavy atom. The van der Waals surface area contributed by atoms with E-state index in [2.05, 4.69) is 15.3 Å². The number of nitrogens with zero attached hydrogens (tertiary/aromatic N) is 4. The summed E-state index contributed by atoms with van der Waals surface area (Å²) < 4.78 is 8.83. The van der Waals surface area contributed by atoms with Crippen molar-refractivity contribution in [2.45, 2.75) is 19.1 Å². The van der Waals surface area contributed by atoms with Crippen LogP contribution in [-0.4, -0.2) is 57.6 Å². The molecule has 0 saturated carbocycles. The maximum absolute atomic E-state index is 13.1. The number of amides is 1. The van der Waals surface area contributed by atoms with E-state index in [1.54, 1.807) is 22.1 Å². The summed E-state index contributed by atoms with van der Waals surface area (Å²) in [4.78, 5) is 36.7. The van der Waals surface area contributed by atoms with Crippen LogP contribution in [0.5, 0.6) is 5.75 Å². The van der Waals surface area contributed by atoms with Gasteiger partial charge in [-0.15, -0.1) is 11.3 Å². The van der Waals surface area contributed by atoms with Gasteiger partial charge in [-0.05, 0) is 24.3 Å². The summed E-state index contributed by atoms with van der Waals surface area (Å²) >= 11 is 8.09. The van der Waals surface area contributed by atoms with Gasteiger partial charge in [-0.25, -0.2) is 4.98 Å². The molecule has 1 unspecified atom stereocenters. The number of piperazine rings is 1. The van der Waals surface area contributed by atoms with E-state index >= 15 is 0 Å². The van der Waals surface area contributed by atoms with E-state index in [-0.39, 0.29) is 11.5 Å². The third-order valence-electron chi connectivity index (χ3n) is 6.37. The number of hydrogen-bond donors (Lipinski definition) is 1. The molecule has 8 nitrogen and oxygen atoms in total. The maximum Gasteiger partial charge on any atom is 0.264 e. The van der Waals surface area contributed by atoms with Crippen LogP contribution < -0.4 is 15.6 Å². The lowest BCUT2D eigenvalue weighted by Gasteiger charge is -2.29. The molecule has 1 atom stereocenters. The Labute approximate surface area is 210 Å². The summed E-state index contributed by atoms with van der Waals surface area (Å²) in [5.74, 6) is 0.721. The topological polar surface area (TPSA) is 89.3 Å². The Kier molecular flexibility index (Phi) is 5.75. The molecule has 1 amide bonds. The number of carbonyl (C=O) groups excluding carboxylic acids is 1. The number of aromatic nitrogens is 3. The van der Waals surface area contributed by atoms with Crippen LogP contribution >= 0.6 is 22.9 Å². The van der Waals surface area contributed by atoms with Crippen molar-refractivity contribution < 1.29 is 9.53 Å². The molecule has 4 aromatic rings. The van der Waals surface area contributed by atoms with Gasteiger partial charge in [0.25, 0.3) is 11.5 Å². The zero-order valence-corrected chi connectivity index (χ0v) is 20.3. The predicted molar refractivity (Wildman–Crippen MR) is 135 cm³/mol. The highest BCUT2D eigenvalue weighted by atomic mass is 35.5. The van der Waals surface area contributed by atoms with Crippen molar-refractivity contribution in [3.63, 3.8) is 0 Å². The molecule has 3 aromatic heterocycles. The fourth-order valence-corrected chi connectivity index (χ4v) is 6.08. The van der Waals surface area contributed by atoms with Gasteiger partial charge in [-0.2, -0.15) is 0 Å². The number of hydrogen-bond acceptors (Lipinski definition) is 7. The average Bonchev–Trinajstić information content (AvgIpc) is 3.48. The zero-order chi connectivity index (χ0) is 23.9. The van der Waals surface area contributed by atoms with Gasteiger partial charge in [0.2, 0.25) is 0 Å². The van der Waals surface area contributed by atoms with Crippen molar-refractivity contribution in [3.8, 4) is 16.9 Å². The molecule has 5 heterocycles. The van der Waals surface area contributed by atoms with Gasteiger partial charge in [0, 0.05) is 77.7 Å². The largest absolute Gasteiger partial charge is 0.479 e. The number of ether oxygens (including phenoxy) is 1. The van der Waals surface area contributed by atoms with Crippen LogP contribution in [0.2, 0.25) is 5.02 Å². The lowest BCUT2D eigenvalue weighted by atomic mass is 10.0. The van der Waals surface area contributed by atoms with Crippen LogP contribution in [0, 0.1) is 0 Å².